The van der Waals surface area contributed by atoms with Crippen molar-refractivity contribution in [2.45, 2.75) is 36.8 Å². The summed E-state index contributed by atoms with van der Waals surface area (Å²) < 4.78 is 0.110. The summed E-state index contributed by atoms with van der Waals surface area (Å²) >= 11 is 0. The van der Waals surface area contributed by atoms with Crippen LogP contribution in [0.1, 0.15) is 27.2 Å². The molecule has 0 fully saturated rings. The summed E-state index contributed by atoms with van der Waals surface area (Å²) in [6.45, 7) is 19.1. The molecule has 0 aliphatic heterocycles. The van der Waals surface area contributed by atoms with E-state index in [0.29, 0.717) is 0 Å². The van der Waals surface area contributed by atoms with Crippen molar-refractivity contribution in [3.63, 3.8) is 0 Å². The van der Waals surface area contributed by atoms with Crippen molar-refractivity contribution in [2.24, 2.45) is 0 Å². The molecule has 1 heteroatoms. The Balaban J connectivity index is 3.54. The van der Waals surface area contributed by atoms with Crippen molar-refractivity contribution in [1.82, 2.24) is 0 Å². The van der Waals surface area contributed by atoms with Crippen LogP contribution in [0.4, 0.5) is 0 Å². The Kier molecular flexibility index (Phi) is 5.64. The van der Waals surface area contributed by atoms with E-state index in [0.717, 1.165) is 11.3 Å². The van der Waals surface area contributed by atoms with E-state index in [1.165, 1.54) is 4.90 Å². The average Bonchev–Trinajstić information content (AvgIpc) is 2.47. The third kappa shape index (κ3) is 2.83. The summed E-state index contributed by atoms with van der Waals surface area (Å²) in [7, 11) is -1.36. The lowest BCUT2D eigenvalue weighted by atomic mass is 10.1. The summed E-state index contributed by atoms with van der Waals surface area (Å²) in [6.07, 6.45) is 6.91. The summed E-state index contributed by atoms with van der Waals surface area (Å²) in [4.78, 5) is 2.45. The lowest BCUT2D eigenvalue weighted by Gasteiger charge is -2.51. The normalized spacial score (nSPS) is 16.4. The maximum atomic E-state index is 4.36. The van der Waals surface area contributed by atoms with Crippen molar-refractivity contribution in [1.29, 1.82) is 0 Å². The molecule has 0 aliphatic carbocycles. The summed E-state index contributed by atoms with van der Waals surface area (Å²) in [5, 5.41) is 2.13. The predicted molar refractivity (Wildman–Crippen MR) is 95.3 cm³/mol. The molecule has 1 rings (SSSR count). The zero-order valence-electron chi connectivity index (χ0n) is 12.9. The van der Waals surface area contributed by atoms with E-state index in [9.17, 15) is 0 Å². The van der Waals surface area contributed by atoms with Crippen LogP contribution in [0, 0.1) is 0 Å². The van der Waals surface area contributed by atoms with Gasteiger partial charge in [-0.2, -0.15) is 10.0 Å². The van der Waals surface area contributed by atoms with Gasteiger partial charge in [0.05, 0.1) is 0 Å². The first kappa shape index (κ1) is 16.6. The zero-order valence-corrected chi connectivity index (χ0v) is 13.7. The zero-order chi connectivity index (χ0) is 15.2. The van der Waals surface area contributed by atoms with Crippen LogP contribution >= 0.6 is 10.0 Å². The van der Waals surface area contributed by atoms with E-state index in [1.54, 1.807) is 6.08 Å². The number of hydrogen-bond acceptors (Lipinski definition) is 0. The Labute approximate surface area is 125 Å². The fourth-order valence-corrected chi connectivity index (χ4v) is 6.24. The van der Waals surface area contributed by atoms with Gasteiger partial charge in [-0.1, -0.05) is 76.9 Å². The molecular formula is C19H26S. The number of hydrogen-bond donors (Lipinski definition) is 0. The first-order chi connectivity index (χ1) is 9.46. The third-order valence-electron chi connectivity index (χ3n) is 3.92. The minimum Gasteiger partial charge on any atom is -0.163 e. The lowest BCUT2D eigenvalue weighted by Crippen LogP contribution is -2.27. The molecule has 1 aromatic carbocycles. The van der Waals surface area contributed by atoms with E-state index in [4.69, 9.17) is 0 Å². The smallest absolute Gasteiger partial charge is 0.00551 e. The van der Waals surface area contributed by atoms with Gasteiger partial charge in [-0.15, -0.1) is 0 Å². The Morgan fingerprint density at radius 1 is 1.20 bits per heavy atom. The van der Waals surface area contributed by atoms with Crippen LogP contribution in [-0.2, 0) is 0 Å². The molecule has 0 amide bonds. The highest BCUT2D eigenvalue weighted by atomic mass is 32.3. The molecule has 0 saturated heterocycles. The predicted octanol–water partition coefficient (Wildman–Crippen LogP) is 6.44. The molecule has 0 nitrogen and oxygen atoms in total. The maximum absolute atomic E-state index is 4.36. The standard InChI is InChI=1S/C19H26S/c1-7-10-14-17(4)20(9-3,19(5,6)8-2)18-15-12-11-13-16-18/h7,9-16H,1,3-4,8H2,2,5-6H3/b14-10-. The highest BCUT2D eigenvalue weighted by Gasteiger charge is 2.39. The minimum absolute atomic E-state index is 0.110. The van der Waals surface area contributed by atoms with Crippen LogP contribution in [0.5, 0.6) is 0 Å². The van der Waals surface area contributed by atoms with Crippen LogP contribution in [0.3, 0.4) is 0 Å². The molecule has 0 aliphatic rings. The molecule has 20 heavy (non-hydrogen) atoms. The second-order valence-electron chi connectivity index (χ2n) is 5.31. The molecule has 108 valence electrons. The fraction of sp³-hybridized carbons (Fsp3) is 0.263. The molecule has 0 N–H and O–H groups in total. The van der Waals surface area contributed by atoms with Crippen molar-refractivity contribution in [2.75, 3.05) is 0 Å². The van der Waals surface area contributed by atoms with Crippen LogP contribution in [-0.4, -0.2) is 4.75 Å². The molecule has 0 bridgehead atoms. The first-order valence-corrected chi connectivity index (χ1v) is 8.64. The third-order valence-corrected chi connectivity index (χ3v) is 8.43. The van der Waals surface area contributed by atoms with Crippen molar-refractivity contribution < 1.29 is 0 Å². The molecule has 0 spiro atoms. The Hall–Kier alpha value is -1.47. The van der Waals surface area contributed by atoms with Crippen LogP contribution in [0.25, 0.3) is 0 Å². The number of allylic oxidation sites excluding steroid dienone is 3. The molecule has 1 unspecified atom stereocenters. The van der Waals surface area contributed by atoms with Gasteiger partial charge >= 0.3 is 0 Å². The topological polar surface area (TPSA) is 0 Å². The Morgan fingerprint density at radius 3 is 2.25 bits per heavy atom. The summed E-state index contributed by atoms with van der Waals surface area (Å²) in [5.41, 5.74) is 0. The molecular weight excluding hydrogens is 260 g/mol. The maximum Gasteiger partial charge on any atom is 0.00551 e. The minimum atomic E-state index is -1.36. The largest absolute Gasteiger partial charge is 0.163 e. The molecule has 0 radical (unpaired) electrons. The molecule has 1 aromatic rings. The van der Waals surface area contributed by atoms with E-state index in [-0.39, 0.29) is 4.75 Å². The van der Waals surface area contributed by atoms with Gasteiger partial charge in [0.1, 0.15) is 0 Å². The summed E-state index contributed by atoms with van der Waals surface area (Å²) in [5.74, 6) is 0. The fourth-order valence-electron chi connectivity index (χ4n) is 2.40. The van der Waals surface area contributed by atoms with Gasteiger partial charge in [-0.05, 0) is 33.8 Å². The quantitative estimate of drug-likeness (QED) is 0.506. The van der Waals surface area contributed by atoms with Gasteiger partial charge in [-0.25, -0.2) is 0 Å². The molecule has 0 heterocycles. The van der Waals surface area contributed by atoms with Crippen molar-refractivity contribution in [3.05, 3.63) is 78.6 Å². The summed E-state index contributed by atoms with van der Waals surface area (Å²) in [6, 6.07) is 10.6. The van der Waals surface area contributed by atoms with Crippen LogP contribution in [0.2, 0.25) is 0 Å². The monoisotopic (exact) mass is 286 g/mol. The lowest BCUT2D eigenvalue weighted by molar-refractivity contribution is 0.675. The molecule has 0 saturated carbocycles. The molecule has 1 atom stereocenters. The SMILES string of the molecule is C=C/C=C\C(=C)S(C=C)(c1ccccc1)C(C)(C)CC. The highest BCUT2D eigenvalue weighted by molar-refractivity contribution is 8.40. The molecule has 0 aromatic heterocycles. The van der Waals surface area contributed by atoms with Crippen molar-refractivity contribution >= 4 is 10.0 Å². The highest BCUT2D eigenvalue weighted by Crippen LogP contribution is 2.72. The van der Waals surface area contributed by atoms with Gasteiger partial charge in [0.25, 0.3) is 0 Å². The van der Waals surface area contributed by atoms with Crippen molar-refractivity contribution in [3.8, 4) is 0 Å². The first-order valence-electron chi connectivity index (χ1n) is 6.94. The van der Waals surface area contributed by atoms with Crippen LogP contribution in [0.15, 0.2) is 83.5 Å². The second-order valence-corrected chi connectivity index (χ2v) is 9.07. The van der Waals surface area contributed by atoms with E-state index >= 15 is 0 Å². The van der Waals surface area contributed by atoms with E-state index < -0.39 is 10.0 Å². The number of rotatable bonds is 7. The Bertz CT molecular complexity index is 508. The second kappa shape index (κ2) is 6.81. The van der Waals surface area contributed by atoms with Gasteiger partial charge in [-0.3, -0.25) is 0 Å². The van der Waals surface area contributed by atoms with Gasteiger partial charge in [0.15, 0.2) is 0 Å². The number of benzene rings is 1. The van der Waals surface area contributed by atoms with Gasteiger partial charge in [0, 0.05) is 4.75 Å². The van der Waals surface area contributed by atoms with E-state index in [1.807, 2.05) is 6.08 Å². The van der Waals surface area contributed by atoms with Crippen LogP contribution < -0.4 is 0 Å². The average molecular weight is 286 g/mol. The Morgan fingerprint density at radius 2 is 1.80 bits per heavy atom. The van der Waals surface area contributed by atoms with E-state index in [2.05, 4.69) is 82.3 Å². The van der Waals surface area contributed by atoms with Gasteiger partial charge in [0.2, 0.25) is 0 Å². The van der Waals surface area contributed by atoms with Gasteiger partial charge < -0.3 is 0 Å².